The van der Waals surface area contributed by atoms with Crippen LogP contribution in [0.15, 0.2) is 23.3 Å². The van der Waals surface area contributed by atoms with Gasteiger partial charge < -0.3 is 14.2 Å². The van der Waals surface area contributed by atoms with E-state index in [-0.39, 0.29) is 0 Å². The number of hydrogen-bond donors (Lipinski definition) is 1. The molecule has 0 radical (unpaired) electrons. The van der Waals surface area contributed by atoms with Crippen molar-refractivity contribution in [2.24, 2.45) is 5.10 Å². The highest BCUT2D eigenvalue weighted by Gasteiger charge is 2.04. The van der Waals surface area contributed by atoms with Crippen LogP contribution in [-0.4, -0.2) is 32.6 Å². The molecule has 6 heteroatoms. The Labute approximate surface area is 112 Å². The summed E-state index contributed by atoms with van der Waals surface area (Å²) >= 11 is 0. The molecule has 0 aliphatic carbocycles. The zero-order valence-electron chi connectivity index (χ0n) is 11.3. The Morgan fingerprint density at radius 2 is 2.11 bits per heavy atom. The van der Waals surface area contributed by atoms with E-state index in [4.69, 9.17) is 9.47 Å². The number of ether oxygens (including phenoxy) is 3. The van der Waals surface area contributed by atoms with Gasteiger partial charge in [-0.25, -0.2) is 10.2 Å². The molecule has 0 unspecified atom stereocenters. The smallest absolute Gasteiger partial charge is 0.427 e. The van der Waals surface area contributed by atoms with Gasteiger partial charge in [-0.05, 0) is 37.6 Å². The van der Waals surface area contributed by atoms with E-state index in [0.29, 0.717) is 24.7 Å². The first kappa shape index (κ1) is 14.8. The molecular formula is C13H18N2O4. The van der Waals surface area contributed by atoms with E-state index in [9.17, 15) is 4.79 Å². The fourth-order valence-electron chi connectivity index (χ4n) is 1.36. The Kier molecular flexibility index (Phi) is 6.21. The van der Waals surface area contributed by atoms with E-state index in [1.54, 1.807) is 26.2 Å². The minimum Gasteiger partial charge on any atom is -0.493 e. The maximum atomic E-state index is 11.0. The molecule has 0 atom stereocenters. The second-order valence-electron chi connectivity index (χ2n) is 3.43. The lowest BCUT2D eigenvalue weighted by atomic mass is 10.2. The second-order valence-corrected chi connectivity index (χ2v) is 3.43. The summed E-state index contributed by atoms with van der Waals surface area (Å²) in [4.78, 5) is 11.0. The van der Waals surface area contributed by atoms with Crippen LogP contribution in [0.3, 0.4) is 0 Å². The first-order chi connectivity index (χ1) is 9.21. The van der Waals surface area contributed by atoms with Crippen molar-refractivity contribution in [2.75, 3.05) is 20.3 Å². The zero-order chi connectivity index (χ0) is 14.1. The fourth-order valence-corrected chi connectivity index (χ4v) is 1.36. The molecule has 1 aromatic carbocycles. The molecule has 1 N–H and O–H groups in total. The van der Waals surface area contributed by atoms with Gasteiger partial charge in [0.25, 0.3) is 0 Å². The van der Waals surface area contributed by atoms with Gasteiger partial charge in [0.05, 0.1) is 26.5 Å². The number of benzene rings is 1. The van der Waals surface area contributed by atoms with Crippen LogP contribution < -0.4 is 14.9 Å². The summed E-state index contributed by atoms with van der Waals surface area (Å²) in [6.45, 7) is 4.49. The fraction of sp³-hybridized carbons (Fsp3) is 0.385. The Morgan fingerprint density at radius 3 is 2.74 bits per heavy atom. The first-order valence-electron chi connectivity index (χ1n) is 5.97. The van der Waals surface area contributed by atoms with Gasteiger partial charge in [-0.1, -0.05) is 0 Å². The molecule has 0 aliphatic heterocycles. The highest BCUT2D eigenvalue weighted by atomic mass is 16.5. The van der Waals surface area contributed by atoms with Crippen molar-refractivity contribution in [3.63, 3.8) is 0 Å². The van der Waals surface area contributed by atoms with Crippen molar-refractivity contribution in [3.8, 4) is 11.5 Å². The van der Waals surface area contributed by atoms with Crippen LogP contribution in [0.1, 0.15) is 19.4 Å². The molecule has 1 rings (SSSR count). The number of methoxy groups -OCH3 is 1. The van der Waals surface area contributed by atoms with Gasteiger partial charge in [0.15, 0.2) is 11.5 Å². The van der Waals surface area contributed by atoms with Crippen molar-refractivity contribution < 1.29 is 19.0 Å². The van der Waals surface area contributed by atoms with Crippen LogP contribution in [0, 0.1) is 0 Å². The molecule has 0 spiro atoms. The predicted octanol–water partition coefficient (Wildman–Crippen LogP) is 2.17. The van der Waals surface area contributed by atoms with Gasteiger partial charge in [0, 0.05) is 0 Å². The number of hydrazone groups is 1. The Morgan fingerprint density at radius 1 is 1.32 bits per heavy atom. The normalized spacial score (nSPS) is 10.3. The topological polar surface area (TPSA) is 69.2 Å². The van der Waals surface area contributed by atoms with Crippen molar-refractivity contribution in [1.29, 1.82) is 0 Å². The maximum absolute atomic E-state index is 11.0. The van der Waals surface area contributed by atoms with Gasteiger partial charge in [0.1, 0.15) is 0 Å². The van der Waals surface area contributed by atoms with Crippen molar-refractivity contribution in [2.45, 2.75) is 13.8 Å². The molecule has 104 valence electrons. The monoisotopic (exact) mass is 266 g/mol. The largest absolute Gasteiger partial charge is 0.493 e. The van der Waals surface area contributed by atoms with E-state index in [0.717, 1.165) is 5.56 Å². The molecule has 1 aromatic rings. The number of rotatable bonds is 6. The molecule has 0 bridgehead atoms. The summed E-state index contributed by atoms with van der Waals surface area (Å²) in [5, 5.41) is 3.77. The minimum absolute atomic E-state index is 0.304. The summed E-state index contributed by atoms with van der Waals surface area (Å²) in [5.74, 6) is 1.28. The van der Waals surface area contributed by atoms with Crippen LogP contribution in [-0.2, 0) is 4.74 Å². The third-order valence-corrected chi connectivity index (χ3v) is 2.13. The average Bonchev–Trinajstić information content (AvgIpc) is 2.41. The van der Waals surface area contributed by atoms with Crippen LogP contribution >= 0.6 is 0 Å². The van der Waals surface area contributed by atoms with Crippen LogP contribution in [0.25, 0.3) is 0 Å². The van der Waals surface area contributed by atoms with E-state index in [1.807, 2.05) is 13.0 Å². The Balaban J connectivity index is 2.68. The Bertz CT molecular complexity index is 446. The van der Waals surface area contributed by atoms with E-state index in [1.165, 1.54) is 6.21 Å². The molecule has 0 heterocycles. The molecule has 0 aromatic heterocycles. The van der Waals surface area contributed by atoms with Crippen LogP contribution in [0.4, 0.5) is 4.79 Å². The zero-order valence-corrected chi connectivity index (χ0v) is 11.3. The standard InChI is InChI=1S/C13H18N2O4/c1-4-18-11-7-6-10(8-12(11)17-3)9-14-15-13(16)19-5-2/h6-9H,4-5H2,1-3H3,(H,15,16). The average molecular weight is 266 g/mol. The summed E-state index contributed by atoms with van der Waals surface area (Å²) in [6.07, 6.45) is 0.909. The molecule has 0 fully saturated rings. The van der Waals surface area contributed by atoms with E-state index in [2.05, 4.69) is 15.3 Å². The number of carbonyl (C=O) groups excluding carboxylic acids is 1. The van der Waals surface area contributed by atoms with Crippen LogP contribution in [0.2, 0.25) is 0 Å². The Hall–Kier alpha value is -2.24. The third-order valence-electron chi connectivity index (χ3n) is 2.13. The maximum Gasteiger partial charge on any atom is 0.427 e. The predicted molar refractivity (Wildman–Crippen MR) is 71.9 cm³/mol. The minimum atomic E-state index is -0.586. The number of amides is 1. The lowest BCUT2D eigenvalue weighted by Gasteiger charge is -2.09. The molecule has 1 amide bonds. The number of carbonyl (C=O) groups is 1. The lowest BCUT2D eigenvalue weighted by molar-refractivity contribution is 0.152. The molecular weight excluding hydrogens is 248 g/mol. The van der Waals surface area contributed by atoms with Crippen LogP contribution in [0.5, 0.6) is 11.5 Å². The molecule has 6 nitrogen and oxygen atoms in total. The second kappa shape index (κ2) is 7.97. The van der Waals surface area contributed by atoms with Crippen molar-refractivity contribution >= 4 is 12.3 Å². The van der Waals surface area contributed by atoms with Gasteiger partial charge in [-0.2, -0.15) is 5.10 Å². The molecule has 19 heavy (non-hydrogen) atoms. The quantitative estimate of drug-likeness (QED) is 0.633. The van der Waals surface area contributed by atoms with Gasteiger partial charge >= 0.3 is 6.09 Å². The van der Waals surface area contributed by atoms with Gasteiger partial charge in [0.2, 0.25) is 0 Å². The summed E-state index contributed by atoms with van der Waals surface area (Å²) in [7, 11) is 1.57. The highest BCUT2D eigenvalue weighted by molar-refractivity contribution is 5.82. The summed E-state index contributed by atoms with van der Waals surface area (Å²) in [6, 6.07) is 5.36. The van der Waals surface area contributed by atoms with E-state index >= 15 is 0 Å². The van der Waals surface area contributed by atoms with Gasteiger partial charge in [-0.3, -0.25) is 0 Å². The highest BCUT2D eigenvalue weighted by Crippen LogP contribution is 2.27. The third kappa shape index (κ3) is 4.87. The number of nitrogens with one attached hydrogen (secondary N) is 1. The van der Waals surface area contributed by atoms with E-state index < -0.39 is 6.09 Å². The number of nitrogens with zero attached hydrogens (tertiary/aromatic N) is 1. The summed E-state index contributed by atoms with van der Waals surface area (Å²) in [5.41, 5.74) is 3.02. The molecule has 0 aliphatic rings. The van der Waals surface area contributed by atoms with Crippen molar-refractivity contribution in [1.82, 2.24) is 5.43 Å². The first-order valence-corrected chi connectivity index (χ1v) is 5.97. The SMILES string of the molecule is CCOC(=O)NN=Cc1ccc(OCC)c(OC)c1. The molecule has 0 saturated heterocycles. The summed E-state index contributed by atoms with van der Waals surface area (Å²) < 4.78 is 15.3. The number of hydrogen-bond acceptors (Lipinski definition) is 5. The lowest BCUT2D eigenvalue weighted by Crippen LogP contribution is -2.18. The van der Waals surface area contributed by atoms with Crippen molar-refractivity contribution in [3.05, 3.63) is 23.8 Å². The molecule has 0 saturated carbocycles. The van der Waals surface area contributed by atoms with Gasteiger partial charge in [-0.15, -0.1) is 0 Å².